The first-order chi connectivity index (χ1) is 48.3. The van der Waals surface area contributed by atoms with E-state index in [2.05, 4.69) is 48.5 Å². The van der Waals surface area contributed by atoms with Gasteiger partial charge in [0.05, 0.1) is 26.4 Å². The zero-order valence-electron chi connectivity index (χ0n) is 65.7. The second-order valence-electron chi connectivity index (χ2n) is 30.1. The van der Waals surface area contributed by atoms with Crippen LogP contribution in [0.5, 0.6) is 0 Å². The Balaban J connectivity index is 5.20. The highest BCUT2D eigenvalue weighted by atomic mass is 31.2. The predicted molar refractivity (Wildman–Crippen MR) is 409 cm³/mol. The highest BCUT2D eigenvalue weighted by Crippen LogP contribution is 2.45. The van der Waals surface area contributed by atoms with Crippen molar-refractivity contribution < 1.29 is 80.2 Å². The second kappa shape index (κ2) is 71.3. The number of unbranched alkanes of at least 4 members (excludes halogenated alkanes) is 45. The Kier molecular flexibility index (Phi) is 69.9. The number of ether oxygens (including phenoxy) is 4. The van der Waals surface area contributed by atoms with Gasteiger partial charge >= 0.3 is 39.5 Å². The summed E-state index contributed by atoms with van der Waals surface area (Å²) in [5, 5.41) is 10.6. The third-order valence-corrected chi connectivity index (χ3v) is 21.5. The molecule has 0 aromatic rings. The fourth-order valence-electron chi connectivity index (χ4n) is 12.4. The average Bonchev–Trinajstić information content (AvgIpc) is 0.952. The highest BCUT2D eigenvalue weighted by Gasteiger charge is 2.30. The lowest BCUT2D eigenvalue weighted by Crippen LogP contribution is -2.30. The first-order valence-electron chi connectivity index (χ1n) is 41.9. The zero-order valence-corrected chi connectivity index (χ0v) is 67.5. The van der Waals surface area contributed by atoms with Crippen LogP contribution in [0.3, 0.4) is 0 Å². The number of aliphatic hydroxyl groups is 1. The molecular formula is C81H158O17P2. The number of esters is 4. The fourth-order valence-corrected chi connectivity index (χ4v) is 14.0. The summed E-state index contributed by atoms with van der Waals surface area (Å²) in [5.41, 5.74) is 0. The van der Waals surface area contributed by atoms with Gasteiger partial charge in [0.2, 0.25) is 0 Å². The topological polar surface area (TPSA) is 237 Å². The van der Waals surface area contributed by atoms with E-state index in [9.17, 15) is 43.2 Å². The molecule has 100 heavy (non-hydrogen) atoms. The van der Waals surface area contributed by atoms with Crippen LogP contribution in [0.15, 0.2) is 0 Å². The van der Waals surface area contributed by atoms with Gasteiger partial charge in [0.25, 0.3) is 0 Å². The van der Waals surface area contributed by atoms with Gasteiger partial charge in [-0.05, 0) is 43.4 Å². The summed E-state index contributed by atoms with van der Waals surface area (Å²) in [5.74, 6) is 0.154. The highest BCUT2D eigenvalue weighted by molar-refractivity contribution is 7.47. The van der Waals surface area contributed by atoms with Gasteiger partial charge in [-0.15, -0.1) is 0 Å². The lowest BCUT2D eigenvalue weighted by molar-refractivity contribution is -0.161. The summed E-state index contributed by atoms with van der Waals surface area (Å²) < 4.78 is 68.6. The molecular weight excluding hydrogens is 1310 g/mol. The molecule has 0 aliphatic carbocycles. The minimum absolute atomic E-state index is 0.102. The first-order valence-corrected chi connectivity index (χ1v) is 44.9. The van der Waals surface area contributed by atoms with E-state index in [0.717, 1.165) is 114 Å². The van der Waals surface area contributed by atoms with Gasteiger partial charge in [-0.3, -0.25) is 37.3 Å². The molecule has 3 N–H and O–H groups in total. The van der Waals surface area contributed by atoms with Crippen LogP contribution in [-0.4, -0.2) is 96.7 Å². The predicted octanol–water partition coefficient (Wildman–Crippen LogP) is 24.1. The number of phosphoric ester groups is 2. The Labute approximate surface area is 613 Å². The Hall–Kier alpha value is -1.94. The van der Waals surface area contributed by atoms with Crippen LogP contribution < -0.4 is 0 Å². The SMILES string of the molecule is CCCCCCCCCCCCCCCCCCCCCC(=O)OC[C@H](COP(=O)(O)OC[C@@H](O)COP(=O)(O)OC[C@@H](COC(=O)CCCCCCCCC(C)CC)OC(=O)CCCCCCCCC(C)CC)OC(=O)CCCCCCCCCCCCCCCCCCCCC(C)C. The van der Waals surface area contributed by atoms with E-state index < -0.39 is 97.5 Å². The summed E-state index contributed by atoms with van der Waals surface area (Å²) in [7, 11) is -9.92. The number of aliphatic hydroxyl groups excluding tert-OH is 1. The molecule has 0 radical (unpaired) electrons. The number of carbonyl (C=O) groups is 4. The first kappa shape index (κ1) is 98.1. The van der Waals surface area contributed by atoms with Gasteiger partial charge in [-0.1, -0.05) is 370 Å². The standard InChI is InChI=1S/C81H158O17P2/c1-8-11-12-13-14-15-16-17-18-19-20-24-27-30-33-36-39-48-55-62-78(83)91-68-76(97-80(85)64-57-50-40-37-34-31-28-25-22-21-23-26-29-32-35-38-45-52-59-72(4)5)70-95-99(87,88)93-66-75(82)67-94-100(89,90)96-71-77(98-81(86)65-58-51-44-42-47-54-61-74(7)10-3)69-92-79(84)63-56-49-43-41-46-53-60-73(6)9-2/h72-77,82H,8-71H2,1-7H3,(H,87,88)(H,89,90)/t73?,74?,75-,76-,77-/m1/s1. The molecule has 0 rings (SSSR count). The minimum Gasteiger partial charge on any atom is -0.462 e. The van der Waals surface area contributed by atoms with Gasteiger partial charge in [-0.2, -0.15) is 0 Å². The summed E-state index contributed by atoms with van der Waals surface area (Å²) in [6.07, 6.45) is 60.0. The van der Waals surface area contributed by atoms with Crippen LogP contribution in [0.25, 0.3) is 0 Å². The van der Waals surface area contributed by atoms with Crippen molar-refractivity contribution in [3.63, 3.8) is 0 Å². The molecule has 0 amide bonds. The molecule has 0 bridgehead atoms. The molecule has 7 atom stereocenters. The molecule has 594 valence electrons. The van der Waals surface area contributed by atoms with E-state index in [4.69, 9.17) is 37.0 Å². The lowest BCUT2D eigenvalue weighted by Gasteiger charge is -2.21. The van der Waals surface area contributed by atoms with Crippen molar-refractivity contribution in [1.82, 2.24) is 0 Å². The third-order valence-electron chi connectivity index (χ3n) is 19.6. The van der Waals surface area contributed by atoms with Gasteiger partial charge in [0.1, 0.15) is 19.3 Å². The number of carbonyl (C=O) groups excluding carboxylic acids is 4. The van der Waals surface area contributed by atoms with E-state index >= 15 is 0 Å². The van der Waals surface area contributed by atoms with Crippen molar-refractivity contribution in [2.45, 2.75) is 439 Å². The van der Waals surface area contributed by atoms with E-state index in [1.54, 1.807) is 0 Å². The molecule has 0 aliphatic heterocycles. The van der Waals surface area contributed by atoms with E-state index in [-0.39, 0.29) is 25.7 Å². The minimum atomic E-state index is -4.96. The van der Waals surface area contributed by atoms with Crippen LogP contribution in [-0.2, 0) is 65.4 Å². The normalized spacial score (nSPS) is 14.5. The van der Waals surface area contributed by atoms with Crippen molar-refractivity contribution in [3.05, 3.63) is 0 Å². The maximum absolute atomic E-state index is 13.1. The molecule has 0 saturated heterocycles. The summed E-state index contributed by atoms with van der Waals surface area (Å²) in [6.45, 7) is 11.9. The lowest BCUT2D eigenvalue weighted by atomic mass is 10.00. The Morgan fingerprint density at radius 2 is 0.510 bits per heavy atom. The van der Waals surface area contributed by atoms with Gasteiger partial charge < -0.3 is 33.8 Å². The molecule has 17 nitrogen and oxygen atoms in total. The summed E-state index contributed by atoms with van der Waals surface area (Å²) >= 11 is 0. The quantitative estimate of drug-likeness (QED) is 0.0222. The van der Waals surface area contributed by atoms with Crippen LogP contribution in [0.2, 0.25) is 0 Å². The van der Waals surface area contributed by atoms with Crippen LogP contribution in [0, 0.1) is 17.8 Å². The molecule has 0 fully saturated rings. The number of hydrogen-bond acceptors (Lipinski definition) is 15. The van der Waals surface area contributed by atoms with Crippen molar-refractivity contribution >= 4 is 39.5 Å². The summed E-state index contributed by atoms with van der Waals surface area (Å²) in [4.78, 5) is 72.9. The zero-order chi connectivity index (χ0) is 73.7. The van der Waals surface area contributed by atoms with Crippen molar-refractivity contribution in [1.29, 1.82) is 0 Å². The van der Waals surface area contributed by atoms with Gasteiger partial charge in [-0.25, -0.2) is 9.13 Å². The fraction of sp³-hybridized carbons (Fsp3) is 0.951. The molecule has 4 unspecified atom stereocenters. The summed E-state index contributed by atoms with van der Waals surface area (Å²) in [6, 6.07) is 0. The molecule has 0 saturated carbocycles. The molecule has 0 heterocycles. The Morgan fingerprint density at radius 3 is 0.760 bits per heavy atom. The molecule has 19 heteroatoms. The van der Waals surface area contributed by atoms with Crippen LogP contribution in [0.1, 0.15) is 421 Å². The third kappa shape index (κ3) is 71.7. The van der Waals surface area contributed by atoms with E-state index in [1.807, 2.05) is 0 Å². The Bertz CT molecular complexity index is 1940. The number of phosphoric acid groups is 2. The second-order valence-corrected chi connectivity index (χ2v) is 33.0. The van der Waals surface area contributed by atoms with Gasteiger partial charge in [0.15, 0.2) is 12.2 Å². The largest absolute Gasteiger partial charge is 0.472 e. The smallest absolute Gasteiger partial charge is 0.462 e. The maximum Gasteiger partial charge on any atom is 0.472 e. The van der Waals surface area contributed by atoms with Crippen LogP contribution >= 0.6 is 15.6 Å². The maximum atomic E-state index is 13.1. The van der Waals surface area contributed by atoms with Crippen LogP contribution in [0.4, 0.5) is 0 Å². The molecule has 0 spiro atoms. The molecule has 0 aromatic carbocycles. The van der Waals surface area contributed by atoms with Gasteiger partial charge in [0, 0.05) is 25.7 Å². The van der Waals surface area contributed by atoms with Crippen molar-refractivity contribution in [3.8, 4) is 0 Å². The molecule has 0 aliphatic rings. The number of hydrogen-bond donors (Lipinski definition) is 3. The van der Waals surface area contributed by atoms with Crippen molar-refractivity contribution in [2.75, 3.05) is 39.6 Å². The van der Waals surface area contributed by atoms with Crippen molar-refractivity contribution in [2.24, 2.45) is 17.8 Å². The molecule has 0 aromatic heterocycles. The van der Waals surface area contributed by atoms with E-state index in [0.29, 0.717) is 25.7 Å². The Morgan fingerprint density at radius 1 is 0.290 bits per heavy atom. The number of rotatable bonds is 79. The van der Waals surface area contributed by atoms with E-state index in [1.165, 1.54) is 225 Å². The average molecular weight is 1470 g/mol. The monoisotopic (exact) mass is 1470 g/mol.